The maximum atomic E-state index is 11.5. The van der Waals surface area contributed by atoms with E-state index in [1.165, 1.54) is 11.0 Å². The van der Waals surface area contributed by atoms with E-state index >= 15 is 0 Å². The highest BCUT2D eigenvalue weighted by molar-refractivity contribution is 6.32. The molecular formula is C12H12ClNO2. The molecule has 1 aromatic carbocycles. The van der Waals surface area contributed by atoms with Gasteiger partial charge in [-0.3, -0.25) is 4.79 Å². The van der Waals surface area contributed by atoms with Crippen LogP contribution in [0.15, 0.2) is 30.3 Å². The van der Waals surface area contributed by atoms with Crippen LogP contribution in [-0.2, 0) is 9.59 Å². The highest BCUT2D eigenvalue weighted by Crippen LogP contribution is 2.16. The van der Waals surface area contributed by atoms with E-state index in [0.717, 1.165) is 5.56 Å². The molecule has 0 atom stereocenters. The lowest BCUT2D eigenvalue weighted by Crippen LogP contribution is -2.26. The van der Waals surface area contributed by atoms with Gasteiger partial charge in [0.15, 0.2) is 0 Å². The highest BCUT2D eigenvalue weighted by Gasteiger charge is 2.03. The van der Waals surface area contributed by atoms with Crippen molar-refractivity contribution in [2.24, 2.45) is 0 Å². The summed E-state index contributed by atoms with van der Waals surface area (Å²) >= 11 is 5.92. The number of halogens is 1. The first-order valence-electron chi connectivity index (χ1n) is 4.76. The van der Waals surface area contributed by atoms with E-state index in [1.54, 1.807) is 19.2 Å². The van der Waals surface area contributed by atoms with Gasteiger partial charge in [-0.15, -0.1) is 0 Å². The zero-order valence-electron chi connectivity index (χ0n) is 8.89. The van der Waals surface area contributed by atoms with Crippen LogP contribution in [0, 0.1) is 0 Å². The minimum Gasteiger partial charge on any atom is -0.335 e. The van der Waals surface area contributed by atoms with Gasteiger partial charge in [0.2, 0.25) is 5.91 Å². The van der Waals surface area contributed by atoms with E-state index in [9.17, 15) is 9.59 Å². The summed E-state index contributed by atoms with van der Waals surface area (Å²) in [4.78, 5) is 23.0. The van der Waals surface area contributed by atoms with Crippen molar-refractivity contribution >= 4 is 29.9 Å². The Morgan fingerprint density at radius 2 is 2.12 bits per heavy atom. The maximum absolute atomic E-state index is 11.5. The third kappa shape index (κ3) is 3.51. The number of benzene rings is 1. The van der Waals surface area contributed by atoms with E-state index in [4.69, 9.17) is 11.6 Å². The Kier molecular flexibility index (Phi) is 4.73. The van der Waals surface area contributed by atoms with Crippen LogP contribution in [0.25, 0.3) is 6.08 Å². The van der Waals surface area contributed by atoms with E-state index in [1.807, 2.05) is 18.2 Å². The first kappa shape index (κ1) is 12.5. The Morgan fingerprint density at radius 3 is 2.75 bits per heavy atom. The van der Waals surface area contributed by atoms with Gasteiger partial charge in [0.1, 0.15) is 6.29 Å². The van der Waals surface area contributed by atoms with Gasteiger partial charge in [-0.2, -0.15) is 0 Å². The summed E-state index contributed by atoms with van der Waals surface area (Å²) in [5.41, 5.74) is 0.775. The largest absolute Gasteiger partial charge is 0.335 e. The molecule has 84 valence electrons. The van der Waals surface area contributed by atoms with Crippen LogP contribution in [0.3, 0.4) is 0 Å². The van der Waals surface area contributed by atoms with Gasteiger partial charge in [-0.25, -0.2) is 0 Å². The topological polar surface area (TPSA) is 37.4 Å². The quantitative estimate of drug-likeness (QED) is 0.594. The Hall–Kier alpha value is -1.61. The molecule has 0 saturated heterocycles. The van der Waals surface area contributed by atoms with Crippen molar-refractivity contribution < 1.29 is 9.59 Å². The third-order valence-electron chi connectivity index (χ3n) is 2.04. The number of amides is 1. The Labute approximate surface area is 99.3 Å². The second-order valence-corrected chi connectivity index (χ2v) is 3.65. The van der Waals surface area contributed by atoms with Crippen molar-refractivity contribution in [2.75, 3.05) is 13.6 Å². The van der Waals surface area contributed by atoms with Gasteiger partial charge in [-0.1, -0.05) is 29.8 Å². The van der Waals surface area contributed by atoms with Gasteiger partial charge < -0.3 is 9.69 Å². The lowest BCUT2D eigenvalue weighted by Gasteiger charge is -2.09. The number of hydrogen-bond donors (Lipinski definition) is 0. The number of carbonyl (C=O) groups excluding carboxylic acids is 2. The average Bonchev–Trinajstić information content (AvgIpc) is 2.28. The molecule has 0 N–H and O–H groups in total. The molecule has 3 nitrogen and oxygen atoms in total. The number of nitrogens with zero attached hydrogens (tertiary/aromatic N) is 1. The number of rotatable bonds is 4. The fourth-order valence-electron chi connectivity index (χ4n) is 1.10. The molecule has 16 heavy (non-hydrogen) atoms. The molecule has 0 spiro atoms. The fourth-order valence-corrected chi connectivity index (χ4v) is 1.30. The second kappa shape index (κ2) is 6.08. The summed E-state index contributed by atoms with van der Waals surface area (Å²) in [5.74, 6) is -0.230. The van der Waals surface area contributed by atoms with Crippen molar-refractivity contribution in [1.29, 1.82) is 0 Å². The number of carbonyl (C=O) groups is 2. The minimum absolute atomic E-state index is 0.0890. The fraction of sp³-hybridized carbons (Fsp3) is 0.167. The molecule has 0 heterocycles. The zero-order valence-corrected chi connectivity index (χ0v) is 9.65. The smallest absolute Gasteiger partial charge is 0.246 e. The first-order chi connectivity index (χ1) is 7.65. The van der Waals surface area contributed by atoms with Crippen LogP contribution in [-0.4, -0.2) is 30.7 Å². The molecule has 0 unspecified atom stereocenters. The maximum Gasteiger partial charge on any atom is 0.246 e. The predicted octanol–water partition coefficient (Wildman–Crippen LogP) is 2.01. The summed E-state index contributed by atoms with van der Waals surface area (Å²) in [6, 6.07) is 7.22. The van der Waals surface area contributed by atoms with E-state index in [0.29, 0.717) is 11.3 Å². The van der Waals surface area contributed by atoms with Crippen LogP contribution >= 0.6 is 11.6 Å². The van der Waals surface area contributed by atoms with Crippen molar-refractivity contribution in [3.05, 3.63) is 40.9 Å². The average molecular weight is 238 g/mol. The van der Waals surface area contributed by atoms with Crippen LogP contribution in [0.1, 0.15) is 5.56 Å². The predicted molar refractivity (Wildman–Crippen MR) is 64.2 cm³/mol. The standard InChI is InChI=1S/C12H12ClNO2/c1-14(8-9-15)12(16)7-6-10-4-2-3-5-11(10)13/h2-7,9H,8H2,1H3/b7-6+. The molecule has 0 aliphatic rings. The molecule has 0 fully saturated rings. The lowest BCUT2D eigenvalue weighted by atomic mass is 10.2. The third-order valence-corrected chi connectivity index (χ3v) is 2.38. The Balaban J connectivity index is 2.70. The number of hydrogen-bond acceptors (Lipinski definition) is 2. The monoisotopic (exact) mass is 237 g/mol. The van der Waals surface area contributed by atoms with Gasteiger partial charge in [0.05, 0.1) is 6.54 Å². The van der Waals surface area contributed by atoms with E-state index in [2.05, 4.69) is 0 Å². The summed E-state index contributed by atoms with van der Waals surface area (Å²) in [6.45, 7) is 0.0890. The summed E-state index contributed by atoms with van der Waals surface area (Å²) in [7, 11) is 1.56. The molecular weight excluding hydrogens is 226 g/mol. The van der Waals surface area contributed by atoms with Gasteiger partial charge in [0.25, 0.3) is 0 Å². The molecule has 0 radical (unpaired) electrons. The number of aldehydes is 1. The summed E-state index contributed by atoms with van der Waals surface area (Å²) in [6.07, 6.45) is 3.71. The van der Waals surface area contributed by atoms with Crippen LogP contribution < -0.4 is 0 Å². The molecule has 1 amide bonds. The van der Waals surface area contributed by atoms with Crippen molar-refractivity contribution in [1.82, 2.24) is 4.90 Å². The normalized spacial score (nSPS) is 10.4. The van der Waals surface area contributed by atoms with Crippen LogP contribution in [0.2, 0.25) is 5.02 Å². The molecule has 1 rings (SSSR count). The molecule has 0 aromatic heterocycles. The molecule has 0 aliphatic carbocycles. The van der Waals surface area contributed by atoms with Crippen molar-refractivity contribution in [3.8, 4) is 0 Å². The SMILES string of the molecule is CN(CC=O)C(=O)/C=C/c1ccccc1Cl. The van der Waals surface area contributed by atoms with Gasteiger partial charge in [0, 0.05) is 18.1 Å². The Bertz CT molecular complexity index is 415. The number of likely N-dealkylation sites (N-methyl/N-ethyl adjacent to an activating group) is 1. The van der Waals surface area contributed by atoms with Crippen molar-refractivity contribution in [3.63, 3.8) is 0 Å². The van der Waals surface area contributed by atoms with Crippen molar-refractivity contribution in [2.45, 2.75) is 0 Å². The highest BCUT2D eigenvalue weighted by atomic mass is 35.5. The summed E-state index contributed by atoms with van der Waals surface area (Å²) in [5, 5.41) is 0.588. The first-order valence-corrected chi connectivity index (χ1v) is 5.14. The molecule has 4 heteroatoms. The van der Waals surface area contributed by atoms with Crippen LogP contribution in [0.5, 0.6) is 0 Å². The zero-order chi connectivity index (χ0) is 12.0. The van der Waals surface area contributed by atoms with Crippen LogP contribution in [0.4, 0.5) is 0 Å². The summed E-state index contributed by atoms with van der Waals surface area (Å²) < 4.78 is 0. The van der Waals surface area contributed by atoms with E-state index in [-0.39, 0.29) is 12.5 Å². The minimum atomic E-state index is -0.230. The Morgan fingerprint density at radius 1 is 1.44 bits per heavy atom. The molecule has 1 aromatic rings. The van der Waals surface area contributed by atoms with E-state index < -0.39 is 0 Å². The van der Waals surface area contributed by atoms with Gasteiger partial charge >= 0.3 is 0 Å². The molecule has 0 bridgehead atoms. The molecule has 0 aliphatic heterocycles. The molecule has 0 saturated carbocycles. The van der Waals surface area contributed by atoms with Gasteiger partial charge in [-0.05, 0) is 17.7 Å². The lowest BCUT2D eigenvalue weighted by molar-refractivity contribution is -0.127. The second-order valence-electron chi connectivity index (χ2n) is 3.24.